The predicted octanol–water partition coefficient (Wildman–Crippen LogP) is 12.8. The lowest BCUT2D eigenvalue weighted by Gasteiger charge is -1.97. The second-order valence-electron chi connectivity index (χ2n) is 10.6. The summed E-state index contributed by atoms with van der Waals surface area (Å²) < 4.78 is 11.2. The molecule has 0 atom stereocenters. The highest BCUT2D eigenvalue weighted by molar-refractivity contribution is 7.29. The van der Waals surface area contributed by atoms with Crippen molar-refractivity contribution >= 4 is 108 Å². The number of nitrogens with zero attached hydrogens (tertiary/aromatic N) is 2. The van der Waals surface area contributed by atoms with Crippen LogP contribution >= 0.6 is 56.7 Å². The van der Waals surface area contributed by atoms with Gasteiger partial charge < -0.3 is 4.42 Å². The van der Waals surface area contributed by atoms with Crippen LogP contribution in [0.1, 0.15) is 0 Å². The number of hydrogen-bond donors (Lipinski definition) is 0. The zero-order valence-electron chi connectivity index (χ0n) is 22.7. The summed E-state index contributed by atoms with van der Waals surface area (Å²) >= 11 is 8.85. The number of furan rings is 1. The first kappa shape index (κ1) is 25.2. The number of fused-ring (bicyclic) bond motifs is 5. The molecule has 0 saturated heterocycles. The molecule has 0 radical (unpaired) electrons. The largest absolute Gasteiger partial charge is 0.453 e. The summed E-state index contributed by atoms with van der Waals surface area (Å²) in [5, 5.41) is 6.88. The molecule has 0 unspecified atom stereocenters. The SMILES string of the molecule is c1ccc2sc(-c3ccc(-c4nc5cc6cc7sc(-c8ccc(-c9cc%10ccccc%10s9)s8)nc7cc6cc5s4)o3)cc2c1. The van der Waals surface area contributed by atoms with Crippen LogP contribution in [0.15, 0.2) is 114 Å². The third kappa shape index (κ3) is 4.10. The van der Waals surface area contributed by atoms with Crippen molar-refractivity contribution in [3.05, 3.63) is 109 Å². The third-order valence-electron chi connectivity index (χ3n) is 7.82. The monoisotopic (exact) mass is 654 g/mol. The zero-order valence-corrected chi connectivity index (χ0v) is 26.8. The molecule has 0 fully saturated rings. The van der Waals surface area contributed by atoms with Crippen molar-refractivity contribution in [2.75, 3.05) is 0 Å². The maximum Gasteiger partial charge on any atom is 0.163 e. The van der Waals surface area contributed by atoms with Gasteiger partial charge in [0.25, 0.3) is 0 Å². The molecule has 208 valence electrons. The van der Waals surface area contributed by atoms with Crippen LogP contribution in [0, 0.1) is 0 Å². The van der Waals surface area contributed by atoms with Crippen LogP contribution in [-0.4, -0.2) is 9.97 Å². The van der Waals surface area contributed by atoms with Crippen molar-refractivity contribution in [1.82, 2.24) is 9.97 Å². The second kappa shape index (κ2) is 9.66. The van der Waals surface area contributed by atoms with Crippen LogP contribution in [0.5, 0.6) is 0 Å². The minimum atomic E-state index is 0.806. The highest BCUT2D eigenvalue weighted by atomic mass is 32.1. The number of hydrogen-bond acceptors (Lipinski definition) is 8. The second-order valence-corrected chi connectivity index (χ2v) is 16.0. The first-order chi connectivity index (χ1) is 21.7. The van der Waals surface area contributed by atoms with Crippen LogP contribution in [0.2, 0.25) is 0 Å². The Bertz CT molecular complexity index is 2380. The predicted molar refractivity (Wildman–Crippen MR) is 193 cm³/mol. The molecule has 44 heavy (non-hydrogen) atoms. The fourth-order valence-electron chi connectivity index (χ4n) is 5.68. The Labute approximate surface area is 271 Å². The highest BCUT2D eigenvalue weighted by Crippen LogP contribution is 2.43. The van der Waals surface area contributed by atoms with Crippen LogP contribution in [0.4, 0.5) is 0 Å². The number of aromatic nitrogens is 2. The molecule has 0 aliphatic rings. The topological polar surface area (TPSA) is 38.9 Å². The smallest absolute Gasteiger partial charge is 0.163 e. The Hall–Kier alpha value is -4.18. The molecule has 0 aliphatic heterocycles. The lowest BCUT2D eigenvalue weighted by Crippen LogP contribution is -1.76. The minimum absolute atomic E-state index is 0.806. The van der Waals surface area contributed by atoms with Gasteiger partial charge in [0.15, 0.2) is 10.8 Å². The molecule has 0 aliphatic carbocycles. The molecule has 0 saturated carbocycles. The van der Waals surface area contributed by atoms with Gasteiger partial charge in [0.1, 0.15) is 10.8 Å². The van der Waals surface area contributed by atoms with E-state index in [0.29, 0.717) is 0 Å². The van der Waals surface area contributed by atoms with E-state index in [2.05, 4.69) is 103 Å². The average molecular weight is 655 g/mol. The molecule has 8 heteroatoms. The van der Waals surface area contributed by atoms with Crippen LogP contribution in [0.3, 0.4) is 0 Å². The van der Waals surface area contributed by atoms with Gasteiger partial charge in [-0.1, -0.05) is 36.4 Å². The Balaban J connectivity index is 0.980. The van der Waals surface area contributed by atoms with Gasteiger partial charge in [-0.05, 0) is 94.3 Å². The van der Waals surface area contributed by atoms with E-state index in [0.717, 1.165) is 42.1 Å². The molecule has 0 bridgehead atoms. The van der Waals surface area contributed by atoms with E-state index in [1.54, 1.807) is 34.0 Å². The van der Waals surface area contributed by atoms with Crippen molar-refractivity contribution in [2.45, 2.75) is 0 Å². The molecule has 3 nitrogen and oxygen atoms in total. The highest BCUT2D eigenvalue weighted by Gasteiger charge is 2.16. The van der Waals surface area contributed by atoms with Crippen molar-refractivity contribution in [3.8, 4) is 41.0 Å². The van der Waals surface area contributed by atoms with E-state index in [9.17, 15) is 0 Å². The number of rotatable bonds is 4. The number of benzene rings is 4. The van der Waals surface area contributed by atoms with Gasteiger partial charge in [-0.25, -0.2) is 9.97 Å². The Kier molecular flexibility index (Phi) is 5.53. The first-order valence-corrected chi connectivity index (χ1v) is 18.1. The molecule has 0 spiro atoms. The van der Waals surface area contributed by atoms with Crippen molar-refractivity contribution in [1.29, 1.82) is 0 Å². The lowest BCUT2D eigenvalue weighted by molar-refractivity contribution is 0.598. The van der Waals surface area contributed by atoms with Crippen LogP contribution in [0.25, 0.3) is 92.4 Å². The summed E-state index contributed by atoms with van der Waals surface area (Å²) in [6.45, 7) is 0. The number of thiophene rings is 3. The van der Waals surface area contributed by atoms with E-state index < -0.39 is 0 Å². The van der Waals surface area contributed by atoms with Crippen molar-refractivity contribution in [2.24, 2.45) is 0 Å². The molecular formula is C36H18N2OS5. The summed E-state index contributed by atoms with van der Waals surface area (Å²) in [6.07, 6.45) is 0. The molecule has 10 rings (SSSR count). The molecule has 0 N–H and O–H groups in total. The van der Waals surface area contributed by atoms with E-state index in [1.807, 2.05) is 28.7 Å². The Morgan fingerprint density at radius 2 is 0.977 bits per heavy atom. The summed E-state index contributed by atoms with van der Waals surface area (Å²) in [6, 6.07) is 39.0. The molecule has 10 aromatic rings. The first-order valence-electron chi connectivity index (χ1n) is 14.0. The summed E-state index contributed by atoms with van der Waals surface area (Å²) in [5.74, 6) is 1.69. The van der Waals surface area contributed by atoms with Gasteiger partial charge in [0.2, 0.25) is 0 Å². The van der Waals surface area contributed by atoms with Gasteiger partial charge in [-0.3, -0.25) is 0 Å². The molecule has 6 heterocycles. The normalized spacial score (nSPS) is 12.1. The summed E-state index contributed by atoms with van der Waals surface area (Å²) in [5.41, 5.74) is 2.03. The maximum absolute atomic E-state index is 6.32. The van der Waals surface area contributed by atoms with Crippen molar-refractivity contribution in [3.63, 3.8) is 0 Å². The quantitative estimate of drug-likeness (QED) is 0.190. The fraction of sp³-hybridized carbons (Fsp3) is 0. The zero-order chi connectivity index (χ0) is 28.8. The lowest BCUT2D eigenvalue weighted by atomic mass is 10.1. The van der Waals surface area contributed by atoms with E-state index >= 15 is 0 Å². The molecule has 0 amide bonds. The van der Waals surface area contributed by atoms with E-state index in [4.69, 9.17) is 14.4 Å². The van der Waals surface area contributed by atoms with Gasteiger partial charge >= 0.3 is 0 Å². The fourth-order valence-corrected chi connectivity index (χ4v) is 10.9. The standard InChI is InChI=1S/C36H18N2OS5/c1-3-7-27-19(5-1)15-33(40-27)25-9-10-26(39-25)35-37-23-13-21-18-32-24(14-22(21)17-31(23)43-35)38-36(44-32)30-12-11-29(42-30)34-16-20-6-2-4-8-28(20)41-34/h1-18H. The van der Waals surface area contributed by atoms with Gasteiger partial charge in [-0.15, -0.1) is 56.7 Å². The molecule has 4 aromatic carbocycles. The minimum Gasteiger partial charge on any atom is -0.453 e. The molecule has 6 aromatic heterocycles. The Morgan fingerprint density at radius 1 is 0.386 bits per heavy atom. The van der Waals surface area contributed by atoms with Gasteiger partial charge in [0, 0.05) is 19.2 Å². The van der Waals surface area contributed by atoms with Gasteiger partial charge in [0.05, 0.1) is 30.2 Å². The third-order valence-corrected chi connectivity index (χ3v) is 13.6. The summed E-state index contributed by atoms with van der Waals surface area (Å²) in [4.78, 5) is 15.0. The van der Waals surface area contributed by atoms with E-state index in [1.165, 1.54) is 50.3 Å². The van der Waals surface area contributed by atoms with Crippen LogP contribution < -0.4 is 0 Å². The van der Waals surface area contributed by atoms with Crippen LogP contribution in [-0.2, 0) is 0 Å². The molecular weight excluding hydrogens is 637 g/mol. The maximum atomic E-state index is 6.32. The summed E-state index contributed by atoms with van der Waals surface area (Å²) in [7, 11) is 0. The Morgan fingerprint density at radius 3 is 1.70 bits per heavy atom. The van der Waals surface area contributed by atoms with Crippen molar-refractivity contribution < 1.29 is 4.42 Å². The number of thiazole rings is 2. The van der Waals surface area contributed by atoms with Gasteiger partial charge in [-0.2, -0.15) is 0 Å². The average Bonchev–Trinajstić information content (AvgIpc) is 3.88. The van der Waals surface area contributed by atoms with E-state index in [-0.39, 0.29) is 0 Å².